The van der Waals surface area contributed by atoms with Gasteiger partial charge in [-0.25, -0.2) is 0 Å². The van der Waals surface area contributed by atoms with Crippen LogP contribution >= 0.6 is 0 Å². The molecule has 4 nitrogen and oxygen atoms in total. The zero-order chi connectivity index (χ0) is 14.4. The highest BCUT2D eigenvalue weighted by atomic mass is 16.5. The van der Waals surface area contributed by atoms with E-state index in [1.54, 1.807) is 7.11 Å². The highest BCUT2D eigenvalue weighted by molar-refractivity contribution is 5.67. The predicted octanol–water partition coefficient (Wildman–Crippen LogP) is 2.56. The van der Waals surface area contributed by atoms with Gasteiger partial charge in [0, 0.05) is 13.5 Å². The zero-order valence-corrected chi connectivity index (χ0v) is 12.0. The number of methoxy groups -OCH3 is 1. The number of benzene rings is 1. The van der Waals surface area contributed by atoms with E-state index in [0.717, 1.165) is 25.9 Å². The van der Waals surface area contributed by atoms with Crippen LogP contribution in [0.3, 0.4) is 0 Å². The van der Waals surface area contributed by atoms with E-state index in [4.69, 9.17) is 9.84 Å². The zero-order valence-electron chi connectivity index (χ0n) is 12.0. The average molecular weight is 277 g/mol. The first kappa shape index (κ1) is 15.0. The average Bonchev–Trinajstić information content (AvgIpc) is 2.46. The molecule has 20 heavy (non-hydrogen) atoms. The van der Waals surface area contributed by atoms with Crippen molar-refractivity contribution < 1.29 is 14.6 Å². The molecular formula is C16H23NO3. The molecule has 1 fully saturated rings. The van der Waals surface area contributed by atoms with Crippen LogP contribution < -0.4 is 0 Å². The minimum absolute atomic E-state index is 0.270. The lowest BCUT2D eigenvalue weighted by atomic mass is 9.92. The van der Waals surface area contributed by atoms with Crippen molar-refractivity contribution in [3.05, 3.63) is 35.9 Å². The van der Waals surface area contributed by atoms with Gasteiger partial charge in [0.05, 0.1) is 12.6 Å². The molecule has 0 aromatic heterocycles. The first-order chi connectivity index (χ1) is 9.70. The van der Waals surface area contributed by atoms with E-state index in [0.29, 0.717) is 18.9 Å². The van der Waals surface area contributed by atoms with Crippen molar-refractivity contribution in [1.29, 1.82) is 0 Å². The standard InChI is InChI=1S/C16H23NO3/c1-20-12-15(14-5-3-2-4-6-14)17-9-7-13(8-10-17)11-16(18)19/h2-6,13,15H,7-12H2,1H3,(H,18,19). The Morgan fingerprint density at radius 3 is 2.55 bits per heavy atom. The van der Waals surface area contributed by atoms with Crippen molar-refractivity contribution in [2.24, 2.45) is 5.92 Å². The smallest absolute Gasteiger partial charge is 0.303 e. The van der Waals surface area contributed by atoms with Gasteiger partial charge in [0.1, 0.15) is 0 Å². The van der Waals surface area contributed by atoms with Gasteiger partial charge in [-0.05, 0) is 37.4 Å². The molecule has 1 heterocycles. The Hall–Kier alpha value is -1.39. The second-order valence-electron chi connectivity index (χ2n) is 5.46. The fourth-order valence-corrected chi connectivity index (χ4v) is 2.96. The summed E-state index contributed by atoms with van der Waals surface area (Å²) >= 11 is 0. The van der Waals surface area contributed by atoms with Gasteiger partial charge in [-0.15, -0.1) is 0 Å². The molecule has 1 aromatic carbocycles. The van der Waals surface area contributed by atoms with E-state index >= 15 is 0 Å². The second-order valence-corrected chi connectivity index (χ2v) is 5.46. The highest BCUT2D eigenvalue weighted by Crippen LogP contribution is 2.28. The Labute approximate surface area is 120 Å². The molecule has 0 radical (unpaired) electrons. The molecule has 110 valence electrons. The summed E-state index contributed by atoms with van der Waals surface area (Å²) in [6.07, 6.45) is 2.22. The molecule has 1 N–H and O–H groups in total. The molecule has 0 amide bonds. The molecule has 1 aromatic rings. The van der Waals surface area contributed by atoms with E-state index in [2.05, 4.69) is 29.2 Å². The molecule has 0 spiro atoms. The number of piperidine rings is 1. The van der Waals surface area contributed by atoms with Gasteiger partial charge < -0.3 is 9.84 Å². The monoisotopic (exact) mass is 277 g/mol. The molecule has 0 aliphatic carbocycles. The summed E-state index contributed by atoms with van der Waals surface area (Å²) in [5.74, 6) is -0.359. The third-order valence-corrected chi connectivity index (χ3v) is 4.06. The molecule has 1 unspecified atom stereocenters. The Morgan fingerprint density at radius 1 is 1.35 bits per heavy atom. The van der Waals surface area contributed by atoms with Gasteiger partial charge >= 0.3 is 5.97 Å². The number of carbonyl (C=O) groups is 1. The van der Waals surface area contributed by atoms with Gasteiger partial charge in [-0.2, -0.15) is 0 Å². The number of ether oxygens (including phenoxy) is 1. The van der Waals surface area contributed by atoms with Gasteiger partial charge in [0.2, 0.25) is 0 Å². The fourth-order valence-electron chi connectivity index (χ4n) is 2.96. The summed E-state index contributed by atoms with van der Waals surface area (Å²) in [6, 6.07) is 10.7. The second kappa shape index (κ2) is 7.41. The van der Waals surface area contributed by atoms with Crippen molar-refractivity contribution in [3.63, 3.8) is 0 Å². The number of aliphatic carboxylic acids is 1. The molecule has 1 saturated heterocycles. The summed E-state index contributed by atoms with van der Waals surface area (Å²) in [5.41, 5.74) is 1.27. The number of carboxylic acid groups (broad SMARTS) is 1. The molecular weight excluding hydrogens is 254 g/mol. The van der Waals surface area contributed by atoms with E-state index in [1.807, 2.05) is 6.07 Å². The lowest BCUT2D eigenvalue weighted by molar-refractivity contribution is -0.138. The third-order valence-electron chi connectivity index (χ3n) is 4.06. The van der Waals surface area contributed by atoms with Crippen LogP contribution in [0.2, 0.25) is 0 Å². The van der Waals surface area contributed by atoms with Crippen LogP contribution in [0, 0.1) is 5.92 Å². The van der Waals surface area contributed by atoms with E-state index in [-0.39, 0.29) is 6.04 Å². The summed E-state index contributed by atoms with van der Waals surface area (Å²) < 4.78 is 5.37. The molecule has 1 aliphatic rings. The highest BCUT2D eigenvalue weighted by Gasteiger charge is 2.26. The van der Waals surface area contributed by atoms with E-state index < -0.39 is 5.97 Å². The number of nitrogens with zero attached hydrogens (tertiary/aromatic N) is 1. The molecule has 0 bridgehead atoms. The number of hydrogen-bond donors (Lipinski definition) is 1. The molecule has 0 saturated carbocycles. The molecule has 4 heteroatoms. The lowest BCUT2D eigenvalue weighted by Gasteiger charge is -2.37. The predicted molar refractivity (Wildman–Crippen MR) is 77.6 cm³/mol. The van der Waals surface area contributed by atoms with Gasteiger partial charge in [-0.1, -0.05) is 30.3 Å². The third kappa shape index (κ3) is 4.05. The molecule has 1 atom stereocenters. The minimum Gasteiger partial charge on any atom is -0.481 e. The number of hydrogen-bond acceptors (Lipinski definition) is 3. The maximum Gasteiger partial charge on any atom is 0.303 e. The van der Waals surface area contributed by atoms with Gasteiger partial charge in [-0.3, -0.25) is 9.69 Å². The van der Waals surface area contributed by atoms with Crippen molar-refractivity contribution in [2.75, 3.05) is 26.8 Å². The van der Waals surface area contributed by atoms with Crippen molar-refractivity contribution >= 4 is 5.97 Å². The summed E-state index contributed by atoms with van der Waals surface area (Å²) in [7, 11) is 1.73. The first-order valence-electron chi connectivity index (χ1n) is 7.20. The van der Waals surface area contributed by atoms with Crippen LogP contribution in [0.15, 0.2) is 30.3 Å². The largest absolute Gasteiger partial charge is 0.481 e. The Bertz CT molecular complexity index is 413. The van der Waals surface area contributed by atoms with Crippen LogP contribution in [0.25, 0.3) is 0 Å². The lowest BCUT2D eigenvalue weighted by Crippen LogP contribution is -2.39. The van der Waals surface area contributed by atoms with Crippen molar-refractivity contribution in [3.8, 4) is 0 Å². The van der Waals surface area contributed by atoms with Crippen molar-refractivity contribution in [2.45, 2.75) is 25.3 Å². The molecule has 2 rings (SSSR count). The van der Waals surface area contributed by atoms with Crippen LogP contribution in [0.5, 0.6) is 0 Å². The summed E-state index contributed by atoms with van der Waals surface area (Å²) in [4.78, 5) is 13.2. The Balaban J connectivity index is 1.97. The quantitative estimate of drug-likeness (QED) is 0.868. The Morgan fingerprint density at radius 2 is 2.00 bits per heavy atom. The maximum atomic E-state index is 10.8. The van der Waals surface area contributed by atoms with Crippen LogP contribution in [-0.2, 0) is 9.53 Å². The van der Waals surface area contributed by atoms with Crippen LogP contribution in [0.1, 0.15) is 30.9 Å². The number of likely N-dealkylation sites (tertiary alicyclic amines) is 1. The normalized spacial score (nSPS) is 18.9. The summed E-state index contributed by atoms with van der Waals surface area (Å²) in [6.45, 7) is 2.56. The Kier molecular flexibility index (Phi) is 5.56. The fraction of sp³-hybridized carbons (Fsp3) is 0.562. The maximum absolute atomic E-state index is 10.8. The van der Waals surface area contributed by atoms with Gasteiger partial charge in [0.15, 0.2) is 0 Å². The first-order valence-corrected chi connectivity index (χ1v) is 7.20. The topological polar surface area (TPSA) is 49.8 Å². The summed E-state index contributed by atoms with van der Waals surface area (Å²) in [5, 5.41) is 8.87. The van der Waals surface area contributed by atoms with Crippen LogP contribution in [-0.4, -0.2) is 42.8 Å². The number of carboxylic acids is 1. The molecule has 1 aliphatic heterocycles. The minimum atomic E-state index is -0.681. The van der Waals surface area contributed by atoms with Crippen molar-refractivity contribution in [1.82, 2.24) is 4.90 Å². The SMILES string of the molecule is COCC(c1ccccc1)N1CCC(CC(=O)O)CC1. The van der Waals surface area contributed by atoms with E-state index in [1.165, 1.54) is 5.56 Å². The van der Waals surface area contributed by atoms with Crippen LogP contribution in [0.4, 0.5) is 0 Å². The number of rotatable bonds is 6. The van der Waals surface area contributed by atoms with E-state index in [9.17, 15) is 4.79 Å². The van der Waals surface area contributed by atoms with Gasteiger partial charge in [0.25, 0.3) is 0 Å².